The van der Waals surface area contributed by atoms with Gasteiger partial charge >= 0.3 is 0 Å². The fourth-order valence-electron chi connectivity index (χ4n) is 2.71. The summed E-state index contributed by atoms with van der Waals surface area (Å²) in [5, 5.41) is 3.63. The summed E-state index contributed by atoms with van der Waals surface area (Å²) >= 11 is 0. The largest absolute Gasteiger partial charge is 0.494 e. The first kappa shape index (κ1) is 14.4. The standard InChI is InChI=1S/C16H25NO2/c1-4-18-16-9-6-5-8-14(16)12(2)17-13(3)15-10-7-11-19-15/h5-6,8-9,12-13,15,17H,4,7,10-11H2,1-3H3. The van der Waals surface area contributed by atoms with Gasteiger partial charge in [0.1, 0.15) is 5.75 Å². The van der Waals surface area contributed by atoms with Gasteiger partial charge in [-0.05, 0) is 39.7 Å². The lowest BCUT2D eigenvalue weighted by Gasteiger charge is -2.25. The van der Waals surface area contributed by atoms with Crippen LogP contribution in [0.4, 0.5) is 0 Å². The van der Waals surface area contributed by atoms with Crippen LogP contribution in [0.1, 0.15) is 45.2 Å². The van der Waals surface area contributed by atoms with E-state index in [0.717, 1.165) is 18.8 Å². The molecule has 0 spiro atoms. The summed E-state index contributed by atoms with van der Waals surface area (Å²) < 4.78 is 11.4. The van der Waals surface area contributed by atoms with Crippen LogP contribution in [0.5, 0.6) is 5.75 Å². The van der Waals surface area contributed by atoms with Crippen LogP contribution in [0.15, 0.2) is 24.3 Å². The molecule has 19 heavy (non-hydrogen) atoms. The van der Waals surface area contributed by atoms with Crippen molar-refractivity contribution in [3.8, 4) is 5.75 Å². The number of ether oxygens (including phenoxy) is 2. The van der Waals surface area contributed by atoms with E-state index in [0.29, 0.717) is 18.8 Å². The molecule has 2 rings (SSSR count). The molecule has 1 heterocycles. The maximum absolute atomic E-state index is 5.74. The second-order valence-corrected chi connectivity index (χ2v) is 5.20. The van der Waals surface area contributed by atoms with E-state index >= 15 is 0 Å². The minimum absolute atomic E-state index is 0.266. The first-order valence-corrected chi connectivity index (χ1v) is 7.31. The molecule has 1 fully saturated rings. The fraction of sp³-hybridized carbons (Fsp3) is 0.625. The lowest BCUT2D eigenvalue weighted by Crippen LogP contribution is -2.38. The molecule has 0 radical (unpaired) electrons. The third kappa shape index (κ3) is 3.71. The molecule has 0 bridgehead atoms. The van der Waals surface area contributed by atoms with Crippen LogP contribution in [0.3, 0.4) is 0 Å². The van der Waals surface area contributed by atoms with Crippen LogP contribution in [0.25, 0.3) is 0 Å². The van der Waals surface area contributed by atoms with Gasteiger partial charge in [-0.25, -0.2) is 0 Å². The summed E-state index contributed by atoms with van der Waals surface area (Å²) in [6.07, 6.45) is 2.69. The zero-order valence-electron chi connectivity index (χ0n) is 12.2. The first-order valence-electron chi connectivity index (χ1n) is 7.31. The van der Waals surface area contributed by atoms with Gasteiger partial charge < -0.3 is 14.8 Å². The third-order valence-electron chi connectivity index (χ3n) is 3.72. The van der Waals surface area contributed by atoms with Crippen molar-refractivity contribution < 1.29 is 9.47 Å². The topological polar surface area (TPSA) is 30.5 Å². The number of hydrogen-bond donors (Lipinski definition) is 1. The summed E-state index contributed by atoms with van der Waals surface area (Å²) in [6, 6.07) is 8.88. The molecule has 3 heteroatoms. The normalized spacial score (nSPS) is 22.2. The fourth-order valence-corrected chi connectivity index (χ4v) is 2.71. The number of para-hydroxylation sites is 1. The van der Waals surface area contributed by atoms with Gasteiger partial charge in [0.15, 0.2) is 0 Å². The second kappa shape index (κ2) is 6.92. The van der Waals surface area contributed by atoms with Gasteiger partial charge in [-0.15, -0.1) is 0 Å². The van der Waals surface area contributed by atoms with Crippen LogP contribution in [-0.2, 0) is 4.74 Å². The van der Waals surface area contributed by atoms with E-state index in [-0.39, 0.29) is 6.04 Å². The van der Waals surface area contributed by atoms with Crippen molar-refractivity contribution in [1.82, 2.24) is 5.32 Å². The molecule has 0 saturated carbocycles. The predicted octanol–water partition coefficient (Wildman–Crippen LogP) is 3.30. The average molecular weight is 263 g/mol. The maximum Gasteiger partial charge on any atom is 0.124 e. The summed E-state index contributed by atoms with van der Waals surface area (Å²) in [6.45, 7) is 8.01. The van der Waals surface area contributed by atoms with Crippen molar-refractivity contribution >= 4 is 0 Å². The summed E-state index contributed by atoms with van der Waals surface area (Å²) in [5.74, 6) is 0.976. The Balaban J connectivity index is 2.00. The molecule has 1 aliphatic heterocycles. The van der Waals surface area contributed by atoms with Gasteiger partial charge in [-0.3, -0.25) is 0 Å². The van der Waals surface area contributed by atoms with Crippen molar-refractivity contribution in [2.75, 3.05) is 13.2 Å². The van der Waals surface area contributed by atoms with Gasteiger partial charge in [0.2, 0.25) is 0 Å². The molecule has 1 aromatic carbocycles. The van der Waals surface area contributed by atoms with Crippen molar-refractivity contribution in [3.05, 3.63) is 29.8 Å². The SMILES string of the molecule is CCOc1ccccc1C(C)NC(C)C1CCCO1. The van der Waals surface area contributed by atoms with Gasteiger partial charge in [0.05, 0.1) is 12.7 Å². The van der Waals surface area contributed by atoms with E-state index in [1.807, 2.05) is 19.1 Å². The summed E-state index contributed by atoms with van der Waals surface area (Å²) in [7, 11) is 0. The van der Waals surface area contributed by atoms with E-state index in [4.69, 9.17) is 9.47 Å². The van der Waals surface area contributed by atoms with Crippen molar-refractivity contribution in [3.63, 3.8) is 0 Å². The number of benzene rings is 1. The van der Waals surface area contributed by atoms with Crippen LogP contribution in [-0.4, -0.2) is 25.4 Å². The smallest absolute Gasteiger partial charge is 0.124 e. The zero-order valence-corrected chi connectivity index (χ0v) is 12.2. The van der Waals surface area contributed by atoms with Crippen molar-refractivity contribution in [2.24, 2.45) is 0 Å². The molecular weight excluding hydrogens is 238 g/mol. The Kier molecular flexibility index (Phi) is 5.23. The van der Waals surface area contributed by atoms with Gasteiger partial charge in [-0.1, -0.05) is 18.2 Å². The Morgan fingerprint density at radius 3 is 2.84 bits per heavy atom. The molecule has 1 aliphatic rings. The first-order chi connectivity index (χ1) is 9.22. The highest BCUT2D eigenvalue weighted by atomic mass is 16.5. The lowest BCUT2D eigenvalue weighted by atomic mass is 10.0. The number of hydrogen-bond acceptors (Lipinski definition) is 3. The Morgan fingerprint density at radius 1 is 1.37 bits per heavy atom. The zero-order chi connectivity index (χ0) is 13.7. The van der Waals surface area contributed by atoms with Crippen LogP contribution in [0, 0.1) is 0 Å². The van der Waals surface area contributed by atoms with Crippen molar-refractivity contribution in [1.29, 1.82) is 0 Å². The number of nitrogens with one attached hydrogen (secondary N) is 1. The quantitative estimate of drug-likeness (QED) is 0.854. The van der Waals surface area contributed by atoms with E-state index < -0.39 is 0 Å². The second-order valence-electron chi connectivity index (χ2n) is 5.20. The Morgan fingerprint density at radius 2 is 2.16 bits per heavy atom. The van der Waals surface area contributed by atoms with Gasteiger partial charge in [-0.2, -0.15) is 0 Å². The molecule has 0 aliphatic carbocycles. The van der Waals surface area contributed by atoms with Crippen molar-refractivity contribution in [2.45, 2.75) is 51.8 Å². The highest BCUT2D eigenvalue weighted by molar-refractivity contribution is 5.35. The lowest BCUT2D eigenvalue weighted by molar-refractivity contribution is 0.0802. The molecule has 1 N–H and O–H groups in total. The predicted molar refractivity (Wildman–Crippen MR) is 77.6 cm³/mol. The van der Waals surface area contributed by atoms with Gasteiger partial charge in [0, 0.05) is 24.3 Å². The molecule has 0 amide bonds. The van der Waals surface area contributed by atoms with E-state index in [2.05, 4.69) is 31.3 Å². The maximum atomic E-state index is 5.74. The minimum atomic E-state index is 0.266. The van der Waals surface area contributed by atoms with E-state index in [9.17, 15) is 0 Å². The molecule has 3 atom stereocenters. The minimum Gasteiger partial charge on any atom is -0.494 e. The van der Waals surface area contributed by atoms with E-state index in [1.54, 1.807) is 0 Å². The molecule has 1 saturated heterocycles. The average Bonchev–Trinajstić information content (AvgIpc) is 2.93. The Labute approximate surface area is 116 Å². The van der Waals surface area contributed by atoms with Gasteiger partial charge in [0.25, 0.3) is 0 Å². The Bertz CT molecular complexity index is 388. The molecule has 0 aromatic heterocycles. The molecule has 106 valence electrons. The highest BCUT2D eigenvalue weighted by Crippen LogP contribution is 2.26. The third-order valence-corrected chi connectivity index (χ3v) is 3.72. The van der Waals surface area contributed by atoms with Crippen LogP contribution >= 0.6 is 0 Å². The highest BCUT2D eigenvalue weighted by Gasteiger charge is 2.24. The number of rotatable bonds is 6. The molecule has 3 nitrogen and oxygen atoms in total. The van der Waals surface area contributed by atoms with Crippen LogP contribution in [0.2, 0.25) is 0 Å². The molecule has 3 unspecified atom stereocenters. The molecular formula is C16H25NO2. The summed E-state index contributed by atoms with van der Waals surface area (Å²) in [5.41, 5.74) is 1.22. The Hall–Kier alpha value is -1.06. The monoisotopic (exact) mass is 263 g/mol. The molecule has 1 aromatic rings. The van der Waals surface area contributed by atoms with E-state index in [1.165, 1.54) is 12.0 Å². The van der Waals surface area contributed by atoms with Crippen LogP contribution < -0.4 is 10.1 Å². The summed E-state index contributed by atoms with van der Waals surface area (Å²) in [4.78, 5) is 0.